The van der Waals surface area contributed by atoms with Crippen molar-refractivity contribution in [3.8, 4) is 17.1 Å². The average molecular weight is 323 g/mol. The van der Waals surface area contributed by atoms with Crippen molar-refractivity contribution in [3.05, 3.63) is 60.2 Å². The van der Waals surface area contributed by atoms with Gasteiger partial charge in [-0.3, -0.25) is 9.36 Å². The molecule has 0 fully saturated rings. The molecule has 3 aromatic rings. The van der Waals surface area contributed by atoms with Gasteiger partial charge in [0.25, 0.3) is 0 Å². The summed E-state index contributed by atoms with van der Waals surface area (Å²) in [7, 11) is 0. The van der Waals surface area contributed by atoms with Crippen LogP contribution in [0, 0.1) is 6.92 Å². The zero-order valence-corrected chi connectivity index (χ0v) is 13.9. The van der Waals surface area contributed by atoms with Crippen molar-refractivity contribution in [1.29, 1.82) is 0 Å². The first-order valence-corrected chi connectivity index (χ1v) is 8.34. The predicted molar refractivity (Wildman–Crippen MR) is 92.9 cm³/mol. The van der Waals surface area contributed by atoms with Gasteiger partial charge in [-0.25, -0.2) is 0 Å². The molecule has 4 nitrogen and oxygen atoms in total. The number of aryl methyl sites for hydroxylation is 1. The molecule has 0 unspecified atom stereocenters. The zero-order chi connectivity index (χ0) is 16.2. The molecule has 0 aliphatic rings. The minimum absolute atomic E-state index is 0.120. The molecule has 5 heteroatoms. The number of ketones is 1. The van der Waals surface area contributed by atoms with Crippen molar-refractivity contribution in [3.63, 3.8) is 0 Å². The SMILES string of the molecule is CC(=O)CSc1nnc(-c2ccccc2)n1-c1ccc(C)cc1. The molecule has 2 aromatic carbocycles. The molecule has 0 atom stereocenters. The number of carbonyl (C=O) groups is 1. The van der Waals surface area contributed by atoms with E-state index in [1.807, 2.05) is 47.0 Å². The van der Waals surface area contributed by atoms with Gasteiger partial charge < -0.3 is 0 Å². The molecule has 0 saturated carbocycles. The quantitative estimate of drug-likeness (QED) is 0.668. The topological polar surface area (TPSA) is 47.8 Å². The Labute approximate surface area is 139 Å². The summed E-state index contributed by atoms with van der Waals surface area (Å²) in [4.78, 5) is 11.3. The fraction of sp³-hybridized carbons (Fsp3) is 0.167. The minimum Gasteiger partial charge on any atom is -0.299 e. The number of hydrogen-bond donors (Lipinski definition) is 0. The Bertz CT molecular complexity index is 810. The van der Waals surface area contributed by atoms with Gasteiger partial charge in [0.2, 0.25) is 0 Å². The highest BCUT2D eigenvalue weighted by Gasteiger charge is 2.16. The molecule has 0 aliphatic carbocycles. The second kappa shape index (κ2) is 6.79. The van der Waals surface area contributed by atoms with Crippen LogP contribution in [0.2, 0.25) is 0 Å². The number of carbonyl (C=O) groups excluding carboxylic acids is 1. The highest BCUT2D eigenvalue weighted by atomic mass is 32.2. The molecule has 0 N–H and O–H groups in total. The summed E-state index contributed by atoms with van der Waals surface area (Å²) < 4.78 is 2.00. The highest BCUT2D eigenvalue weighted by molar-refractivity contribution is 7.99. The maximum Gasteiger partial charge on any atom is 0.196 e. The van der Waals surface area contributed by atoms with Crippen LogP contribution in [-0.2, 0) is 4.79 Å². The van der Waals surface area contributed by atoms with Crippen molar-refractivity contribution in [2.75, 3.05) is 5.75 Å². The fourth-order valence-electron chi connectivity index (χ4n) is 2.23. The first kappa shape index (κ1) is 15.5. The number of aromatic nitrogens is 3. The Balaban J connectivity index is 2.10. The first-order chi connectivity index (χ1) is 11.1. The summed E-state index contributed by atoms with van der Waals surface area (Å²) in [6, 6.07) is 18.2. The van der Waals surface area contributed by atoms with E-state index in [0.717, 1.165) is 22.2 Å². The van der Waals surface area contributed by atoms with Crippen LogP contribution < -0.4 is 0 Å². The van der Waals surface area contributed by atoms with Crippen LogP contribution in [0.1, 0.15) is 12.5 Å². The van der Waals surface area contributed by atoms with Crippen LogP contribution in [0.4, 0.5) is 0 Å². The summed E-state index contributed by atoms with van der Waals surface area (Å²) in [5.41, 5.74) is 3.18. The maximum absolute atomic E-state index is 11.3. The molecular formula is C18H17N3OS. The number of rotatable bonds is 5. The zero-order valence-electron chi connectivity index (χ0n) is 13.1. The molecule has 1 heterocycles. The Kier molecular flexibility index (Phi) is 4.57. The highest BCUT2D eigenvalue weighted by Crippen LogP contribution is 2.28. The van der Waals surface area contributed by atoms with E-state index in [2.05, 4.69) is 29.3 Å². The van der Waals surface area contributed by atoms with Gasteiger partial charge in [0.1, 0.15) is 5.78 Å². The van der Waals surface area contributed by atoms with E-state index in [1.165, 1.54) is 17.3 Å². The smallest absolute Gasteiger partial charge is 0.196 e. The van der Waals surface area contributed by atoms with Crippen molar-refractivity contribution >= 4 is 17.5 Å². The molecule has 0 spiro atoms. The van der Waals surface area contributed by atoms with E-state index in [1.54, 1.807) is 6.92 Å². The van der Waals surface area contributed by atoms with Gasteiger partial charge in [-0.15, -0.1) is 10.2 Å². The van der Waals surface area contributed by atoms with Gasteiger partial charge >= 0.3 is 0 Å². The first-order valence-electron chi connectivity index (χ1n) is 7.35. The molecule has 0 radical (unpaired) electrons. The molecule has 3 rings (SSSR count). The molecular weight excluding hydrogens is 306 g/mol. The van der Waals surface area contributed by atoms with Gasteiger partial charge in [-0.1, -0.05) is 59.8 Å². The minimum atomic E-state index is 0.120. The number of hydrogen-bond acceptors (Lipinski definition) is 4. The Hall–Kier alpha value is -2.40. The summed E-state index contributed by atoms with van der Waals surface area (Å²) in [5, 5.41) is 9.36. The molecule has 0 bridgehead atoms. The average Bonchev–Trinajstić information content (AvgIpc) is 2.98. The molecule has 0 amide bonds. The van der Waals surface area contributed by atoms with E-state index in [9.17, 15) is 4.79 Å². The summed E-state index contributed by atoms with van der Waals surface area (Å²) in [6.07, 6.45) is 0. The standard InChI is InChI=1S/C18H17N3OS/c1-13-8-10-16(11-9-13)21-17(15-6-4-3-5-7-15)19-20-18(21)23-12-14(2)22/h3-11H,12H2,1-2H3. The molecule has 0 aliphatic heterocycles. The monoisotopic (exact) mass is 323 g/mol. The molecule has 1 aromatic heterocycles. The van der Waals surface area contributed by atoms with E-state index in [-0.39, 0.29) is 5.78 Å². The van der Waals surface area contributed by atoms with E-state index in [4.69, 9.17) is 0 Å². The predicted octanol–water partition coefficient (Wildman–Crippen LogP) is 3.92. The molecule has 116 valence electrons. The lowest BCUT2D eigenvalue weighted by molar-refractivity contribution is -0.114. The fourth-order valence-corrected chi connectivity index (χ4v) is 2.98. The van der Waals surface area contributed by atoms with Crippen LogP contribution in [0.5, 0.6) is 0 Å². The number of nitrogens with zero attached hydrogens (tertiary/aromatic N) is 3. The number of benzene rings is 2. The molecule has 0 saturated heterocycles. The van der Waals surface area contributed by atoms with Crippen molar-refractivity contribution < 1.29 is 4.79 Å². The van der Waals surface area contributed by atoms with Gasteiger partial charge in [-0.05, 0) is 26.0 Å². The Morgan fingerprint density at radius 2 is 1.74 bits per heavy atom. The van der Waals surface area contributed by atoms with Crippen LogP contribution in [0.25, 0.3) is 17.1 Å². The molecule has 23 heavy (non-hydrogen) atoms. The van der Waals surface area contributed by atoms with Crippen molar-refractivity contribution in [2.45, 2.75) is 19.0 Å². The summed E-state index contributed by atoms with van der Waals surface area (Å²) in [5.74, 6) is 1.29. The van der Waals surface area contributed by atoms with Crippen LogP contribution >= 0.6 is 11.8 Å². The van der Waals surface area contributed by atoms with E-state index >= 15 is 0 Å². The van der Waals surface area contributed by atoms with Crippen molar-refractivity contribution in [2.24, 2.45) is 0 Å². The van der Waals surface area contributed by atoms with Crippen molar-refractivity contribution in [1.82, 2.24) is 14.8 Å². The second-order valence-corrected chi connectivity index (χ2v) is 6.28. The van der Waals surface area contributed by atoms with Gasteiger partial charge in [0.15, 0.2) is 11.0 Å². The number of Topliss-reactive ketones (excluding diaryl/α,β-unsaturated/α-hetero) is 1. The lowest BCUT2D eigenvalue weighted by Crippen LogP contribution is -2.01. The largest absolute Gasteiger partial charge is 0.299 e. The maximum atomic E-state index is 11.3. The summed E-state index contributed by atoms with van der Waals surface area (Å²) in [6.45, 7) is 3.64. The third-order valence-corrected chi connectivity index (χ3v) is 4.44. The second-order valence-electron chi connectivity index (χ2n) is 5.33. The Morgan fingerprint density at radius 1 is 1.04 bits per heavy atom. The third kappa shape index (κ3) is 3.51. The van der Waals surface area contributed by atoms with Gasteiger partial charge in [-0.2, -0.15) is 0 Å². The van der Waals surface area contributed by atoms with Gasteiger partial charge in [0.05, 0.1) is 5.75 Å². The Morgan fingerprint density at radius 3 is 2.39 bits per heavy atom. The summed E-state index contributed by atoms with van der Waals surface area (Å²) >= 11 is 1.41. The van der Waals surface area contributed by atoms with Gasteiger partial charge in [0, 0.05) is 11.3 Å². The van der Waals surface area contributed by atoms with Crippen LogP contribution in [0.3, 0.4) is 0 Å². The van der Waals surface area contributed by atoms with E-state index < -0.39 is 0 Å². The normalized spacial score (nSPS) is 10.7. The van der Waals surface area contributed by atoms with E-state index in [0.29, 0.717) is 5.75 Å². The van der Waals surface area contributed by atoms with Crippen LogP contribution in [-0.4, -0.2) is 26.3 Å². The number of thioether (sulfide) groups is 1. The lowest BCUT2D eigenvalue weighted by atomic mass is 10.2. The third-order valence-electron chi connectivity index (χ3n) is 3.36. The van der Waals surface area contributed by atoms with Crippen LogP contribution in [0.15, 0.2) is 59.8 Å². The lowest BCUT2D eigenvalue weighted by Gasteiger charge is -2.10.